The lowest BCUT2D eigenvalue weighted by Gasteiger charge is -2.35. The van der Waals surface area contributed by atoms with Crippen molar-refractivity contribution >= 4 is 0 Å². The first-order valence-corrected chi connectivity index (χ1v) is 6.83. The average molecular weight is 251 g/mol. The van der Waals surface area contributed by atoms with Crippen molar-refractivity contribution in [2.24, 2.45) is 17.8 Å². The van der Waals surface area contributed by atoms with E-state index in [0.717, 1.165) is 31.2 Å². The Morgan fingerprint density at radius 2 is 2.17 bits per heavy atom. The average Bonchev–Trinajstić information content (AvgIpc) is 2.31. The van der Waals surface area contributed by atoms with Gasteiger partial charge in [0.1, 0.15) is 5.82 Å². The van der Waals surface area contributed by atoms with Crippen LogP contribution in [0.15, 0.2) is 18.5 Å². The van der Waals surface area contributed by atoms with Crippen LogP contribution < -0.4 is 0 Å². The number of nitrogens with zero attached hydrogens (tertiary/aromatic N) is 1. The van der Waals surface area contributed by atoms with E-state index in [1.807, 2.05) is 0 Å². The zero-order chi connectivity index (χ0) is 13.1. The summed E-state index contributed by atoms with van der Waals surface area (Å²) in [6, 6.07) is 1.53. The predicted octanol–water partition coefficient (Wildman–Crippen LogP) is 3.20. The van der Waals surface area contributed by atoms with Gasteiger partial charge in [-0.15, -0.1) is 0 Å². The van der Waals surface area contributed by atoms with Crippen LogP contribution in [0.1, 0.15) is 38.7 Å². The molecule has 18 heavy (non-hydrogen) atoms. The minimum absolute atomic E-state index is 0.245. The Balaban J connectivity index is 2.02. The van der Waals surface area contributed by atoms with Crippen LogP contribution in [0.3, 0.4) is 0 Å². The molecule has 0 bridgehead atoms. The maximum absolute atomic E-state index is 13.1. The highest BCUT2D eigenvalue weighted by atomic mass is 19.1. The summed E-state index contributed by atoms with van der Waals surface area (Å²) in [5.41, 5.74) is 0.892. The Kier molecular flexibility index (Phi) is 4.33. The van der Waals surface area contributed by atoms with E-state index in [4.69, 9.17) is 0 Å². The lowest BCUT2D eigenvalue weighted by molar-refractivity contribution is 0.0378. The lowest BCUT2D eigenvalue weighted by atomic mass is 9.73. The van der Waals surface area contributed by atoms with Crippen LogP contribution in [-0.4, -0.2) is 16.2 Å². The van der Waals surface area contributed by atoms with Crippen molar-refractivity contribution in [3.63, 3.8) is 0 Å². The number of pyridine rings is 1. The Morgan fingerprint density at radius 1 is 1.39 bits per heavy atom. The van der Waals surface area contributed by atoms with E-state index in [1.54, 1.807) is 6.20 Å². The first kappa shape index (κ1) is 13.5. The summed E-state index contributed by atoms with van der Waals surface area (Å²) in [4.78, 5) is 3.87. The molecule has 1 aliphatic carbocycles. The van der Waals surface area contributed by atoms with Crippen LogP contribution in [0, 0.1) is 23.6 Å². The zero-order valence-corrected chi connectivity index (χ0v) is 11.1. The lowest BCUT2D eigenvalue weighted by Crippen LogP contribution is -2.32. The summed E-state index contributed by atoms with van der Waals surface area (Å²) in [5, 5.41) is 10.1. The second-order valence-electron chi connectivity index (χ2n) is 5.86. The predicted molar refractivity (Wildman–Crippen MR) is 69.6 cm³/mol. The Hall–Kier alpha value is -0.960. The molecule has 3 atom stereocenters. The number of hydrogen-bond acceptors (Lipinski definition) is 2. The van der Waals surface area contributed by atoms with Crippen LogP contribution in [-0.2, 0) is 6.42 Å². The van der Waals surface area contributed by atoms with Gasteiger partial charge in [-0.25, -0.2) is 4.39 Å². The van der Waals surface area contributed by atoms with Crippen molar-refractivity contribution in [1.82, 2.24) is 4.98 Å². The zero-order valence-electron chi connectivity index (χ0n) is 11.1. The second kappa shape index (κ2) is 5.79. The molecule has 0 aromatic carbocycles. The van der Waals surface area contributed by atoms with E-state index in [2.05, 4.69) is 18.8 Å². The van der Waals surface area contributed by atoms with Crippen LogP contribution >= 0.6 is 0 Å². The van der Waals surface area contributed by atoms with Gasteiger partial charge >= 0.3 is 0 Å². The largest absolute Gasteiger partial charge is 0.393 e. The summed E-state index contributed by atoms with van der Waals surface area (Å²) in [5.74, 6) is 1.29. The molecular formula is C15H22FNO. The quantitative estimate of drug-likeness (QED) is 0.895. The number of aromatic nitrogens is 1. The van der Waals surface area contributed by atoms with Gasteiger partial charge in [0.15, 0.2) is 0 Å². The highest BCUT2D eigenvalue weighted by molar-refractivity contribution is 5.11. The summed E-state index contributed by atoms with van der Waals surface area (Å²) in [7, 11) is 0. The Labute approximate surface area is 108 Å². The molecule has 0 spiro atoms. The monoisotopic (exact) mass is 251 g/mol. The maximum Gasteiger partial charge on any atom is 0.141 e. The molecule has 1 aromatic rings. The first-order valence-electron chi connectivity index (χ1n) is 6.83. The molecule has 3 unspecified atom stereocenters. The van der Waals surface area contributed by atoms with Gasteiger partial charge in [0.25, 0.3) is 0 Å². The van der Waals surface area contributed by atoms with E-state index in [1.165, 1.54) is 12.3 Å². The van der Waals surface area contributed by atoms with Gasteiger partial charge in [0.2, 0.25) is 0 Å². The molecule has 2 rings (SSSR count). The number of aliphatic hydroxyl groups is 1. The van der Waals surface area contributed by atoms with Crippen LogP contribution in [0.5, 0.6) is 0 Å². The third kappa shape index (κ3) is 3.29. The normalized spacial score (nSPS) is 28.6. The second-order valence-corrected chi connectivity index (χ2v) is 5.86. The molecule has 1 aromatic heterocycles. The molecule has 2 nitrogen and oxygen atoms in total. The number of hydrogen-bond donors (Lipinski definition) is 1. The molecule has 100 valence electrons. The summed E-state index contributed by atoms with van der Waals surface area (Å²) in [6.45, 7) is 4.48. The summed E-state index contributed by atoms with van der Waals surface area (Å²) < 4.78 is 13.1. The fraction of sp³-hybridized carbons (Fsp3) is 0.667. The fourth-order valence-corrected chi connectivity index (χ4v) is 2.98. The van der Waals surface area contributed by atoms with Crippen molar-refractivity contribution < 1.29 is 9.50 Å². The van der Waals surface area contributed by atoms with Gasteiger partial charge in [0.05, 0.1) is 12.3 Å². The minimum atomic E-state index is -0.293. The Bertz CT molecular complexity index is 394. The molecule has 0 radical (unpaired) electrons. The van der Waals surface area contributed by atoms with Crippen LogP contribution in [0.4, 0.5) is 4.39 Å². The molecule has 0 amide bonds. The first-order chi connectivity index (χ1) is 8.56. The van der Waals surface area contributed by atoms with Gasteiger partial charge in [-0.3, -0.25) is 4.98 Å². The standard InChI is InChI=1S/C15H22FNO/c1-10(2)12-3-4-15(18)13(7-12)5-11-6-14(16)9-17-8-11/h6,8-10,12-13,15,18H,3-5,7H2,1-2H3. The minimum Gasteiger partial charge on any atom is -0.393 e. The van der Waals surface area contributed by atoms with E-state index in [9.17, 15) is 9.50 Å². The maximum atomic E-state index is 13.1. The van der Waals surface area contributed by atoms with Crippen LogP contribution in [0.2, 0.25) is 0 Å². The van der Waals surface area contributed by atoms with E-state index >= 15 is 0 Å². The number of halogens is 1. The third-order valence-electron chi connectivity index (χ3n) is 4.19. The molecular weight excluding hydrogens is 229 g/mol. The third-order valence-corrected chi connectivity index (χ3v) is 4.19. The molecule has 1 aliphatic rings. The van der Waals surface area contributed by atoms with Gasteiger partial charge in [-0.2, -0.15) is 0 Å². The van der Waals surface area contributed by atoms with Gasteiger partial charge in [-0.05, 0) is 55.1 Å². The molecule has 3 heteroatoms. The highest BCUT2D eigenvalue weighted by Crippen LogP contribution is 2.35. The fourth-order valence-electron chi connectivity index (χ4n) is 2.98. The van der Waals surface area contributed by atoms with E-state index < -0.39 is 0 Å². The van der Waals surface area contributed by atoms with Crippen molar-refractivity contribution in [1.29, 1.82) is 0 Å². The van der Waals surface area contributed by atoms with Gasteiger partial charge in [0, 0.05) is 6.20 Å². The molecule has 0 saturated heterocycles. The SMILES string of the molecule is CC(C)C1CCC(O)C(Cc2cncc(F)c2)C1. The van der Waals surface area contributed by atoms with Crippen LogP contribution in [0.25, 0.3) is 0 Å². The van der Waals surface area contributed by atoms with Crippen molar-refractivity contribution in [3.05, 3.63) is 29.8 Å². The smallest absolute Gasteiger partial charge is 0.141 e. The van der Waals surface area contributed by atoms with E-state index in [0.29, 0.717) is 11.8 Å². The highest BCUT2D eigenvalue weighted by Gasteiger charge is 2.30. The van der Waals surface area contributed by atoms with E-state index in [-0.39, 0.29) is 17.8 Å². The molecule has 0 aliphatic heterocycles. The molecule has 1 saturated carbocycles. The van der Waals surface area contributed by atoms with Gasteiger partial charge in [-0.1, -0.05) is 13.8 Å². The molecule has 1 heterocycles. The topological polar surface area (TPSA) is 33.1 Å². The summed E-state index contributed by atoms with van der Waals surface area (Å²) >= 11 is 0. The van der Waals surface area contributed by atoms with Crippen molar-refractivity contribution in [3.8, 4) is 0 Å². The number of rotatable bonds is 3. The van der Waals surface area contributed by atoms with Crippen molar-refractivity contribution in [2.75, 3.05) is 0 Å². The number of aliphatic hydroxyl groups excluding tert-OH is 1. The Morgan fingerprint density at radius 3 is 2.83 bits per heavy atom. The molecule has 1 fully saturated rings. The van der Waals surface area contributed by atoms with Crippen molar-refractivity contribution in [2.45, 2.75) is 45.6 Å². The van der Waals surface area contributed by atoms with Gasteiger partial charge < -0.3 is 5.11 Å². The summed E-state index contributed by atoms with van der Waals surface area (Å²) in [6.07, 6.45) is 6.42. The molecule has 1 N–H and O–H groups in total.